The van der Waals surface area contributed by atoms with Crippen LogP contribution in [-0.2, 0) is 18.3 Å². The van der Waals surface area contributed by atoms with Gasteiger partial charge in [-0.1, -0.05) is 30.3 Å². The molecule has 0 unspecified atom stereocenters. The number of nitrogens with zero attached hydrogens (tertiary/aromatic N) is 3. The fourth-order valence-corrected chi connectivity index (χ4v) is 3.13. The van der Waals surface area contributed by atoms with Crippen LogP contribution in [-0.4, -0.2) is 35.1 Å². The largest absolute Gasteiger partial charge is 0.461 e. The van der Waals surface area contributed by atoms with Crippen LogP contribution < -0.4 is 0 Å². The zero-order valence-electron chi connectivity index (χ0n) is 13.8. The fraction of sp³-hybridized carbons (Fsp3) is 0.368. The van der Waals surface area contributed by atoms with E-state index in [-0.39, 0.29) is 5.97 Å². The van der Waals surface area contributed by atoms with Gasteiger partial charge in [-0.3, -0.25) is 4.90 Å². The quantitative estimate of drug-likeness (QED) is 0.794. The van der Waals surface area contributed by atoms with Crippen LogP contribution in [0, 0.1) is 17.2 Å². The molecule has 3 rings (SSSR count). The number of ether oxygens (including phenoxy) is 1. The summed E-state index contributed by atoms with van der Waals surface area (Å²) < 4.78 is 7.09. The Hall–Kier alpha value is -2.58. The number of rotatable bonds is 5. The first-order valence-corrected chi connectivity index (χ1v) is 8.15. The number of likely N-dealkylation sites (tertiary alicyclic amines) is 1. The molecule has 124 valence electrons. The maximum atomic E-state index is 12.2. The third-order valence-corrected chi connectivity index (χ3v) is 4.41. The van der Waals surface area contributed by atoms with Gasteiger partial charge < -0.3 is 9.30 Å². The molecule has 24 heavy (non-hydrogen) atoms. The van der Waals surface area contributed by atoms with Gasteiger partial charge in [-0.25, -0.2) is 4.79 Å². The Labute approximate surface area is 142 Å². The Bertz CT molecular complexity index is 746. The van der Waals surface area contributed by atoms with Crippen molar-refractivity contribution in [3.05, 3.63) is 59.4 Å². The first-order valence-electron chi connectivity index (χ1n) is 8.15. The molecular formula is C19H21N3O2. The fourth-order valence-electron chi connectivity index (χ4n) is 3.13. The van der Waals surface area contributed by atoms with E-state index in [4.69, 9.17) is 10.00 Å². The maximum Gasteiger partial charge on any atom is 0.354 e. The van der Waals surface area contributed by atoms with Gasteiger partial charge in [-0.15, -0.1) is 0 Å². The van der Waals surface area contributed by atoms with Crippen molar-refractivity contribution in [2.24, 2.45) is 13.0 Å². The molecule has 1 aliphatic heterocycles. The van der Waals surface area contributed by atoms with E-state index in [1.807, 2.05) is 12.1 Å². The SMILES string of the molecule is Cn1cc(C#N)cc1C(=O)OC[C@H]1CCN(Cc2ccccc2)C1. The topological polar surface area (TPSA) is 58.3 Å². The lowest BCUT2D eigenvalue weighted by Gasteiger charge is -2.16. The van der Waals surface area contributed by atoms with Gasteiger partial charge in [0.25, 0.3) is 0 Å². The standard InChI is InChI=1S/C19H21N3O2/c1-21-11-17(10-20)9-18(21)19(23)24-14-16-7-8-22(13-16)12-15-5-3-2-4-6-15/h2-6,9,11,16H,7-8,12-14H2,1H3/t16-/m0/s1. The molecule has 0 spiro atoms. The van der Waals surface area contributed by atoms with E-state index in [9.17, 15) is 4.79 Å². The first-order chi connectivity index (χ1) is 11.7. The van der Waals surface area contributed by atoms with Crippen molar-refractivity contribution in [1.82, 2.24) is 9.47 Å². The molecule has 5 heteroatoms. The number of nitriles is 1. The number of benzene rings is 1. The molecule has 1 atom stereocenters. The predicted octanol–water partition coefficient (Wildman–Crippen LogP) is 2.58. The summed E-state index contributed by atoms with van der Waals surface area (Å²) in [4.78, 5) is 14.6. The molecule has 1 fully saturated rings. The summed E-state index contributed by atoms with van der Waals surface area (Å²) in [6, 6.07) is 14.0. The third kappa shape index (κ3) is 3.84. The molecule has 1 aromatic carbocycles. The lowest BCUT2D eigenvalue weighted by Crippen LogP contribution is -2.22. The van der Waals surface area contributed by atoms with Crippen LogP contribution in [0.3, 0.4) is 0 Å². The highest BCUT2D eigenvalue weighted by atomic mass is 16.5. The van der Waals surface area contributed by atoms with E-state index in [1.54, 1.807) is 23.9 Å². The molecular weight excluding hydrogens is 302 g/mol. The molecule has 1 aliphatic rings. The molecule has 0 saturated carbocycles. The van der Waals surface area contributed by atoms with E-state index in [0.29, 0.717) is 23.8 Å². The lowest BCUT2D eigenvalue weighted by molar-refractivity contribution is 0.0432. The average molecular weight is 323 g/mol. The van der Waals surface area contributed by atoms with Gasteiger partial charge in [-0.05, 0) is 24.6 Å². The number of carbonyl (C=O) groups excluding carboxylic acids is 1. The van der Waals surface area contributed by atoms with Crippen molar-refractivity contribution in [3.8, 4) is 6.07 Å². The summed E-state index contributed by atoms with van der Waals surface area (Å²) in [6.07, 6.45) is 2.67. The van der Waals surface area contributed by atoms with Crippen molar-refractivity contribution in [1.29, 1.82) is 5.26 Å². The molecule has 0 bridgehead atoms. The minimum Gasteiger partial charge on any atom is -0.461 e. The number of hydrogen-bond donors (Lipinski definition) is 0. The maximum absolute atomic E-state index is 12.2. The van der Waals surface area contributed by atoms with E-state index in [2.05, 4.69) is 29.2 Å². The van der Waals surface area contributed by atoms with E-state index >= 15 is 0 Å². The van der Waals surface area contributed by atoms with Crippen LogP contribution in [0.15, 0.2) is 42.6 Å². The number of aromatic nitrogens is 1. The zero-order chi connectivity index (χ0) is 16.9. The summed E-state index contributed by atoms with van der Waals surface area (Å²) in [6.45, 7) is 3.34. The predicted molar refractivity (Wildman–Crippen MR) is 90.2 cm³/mol. The second-order valence-electron chi connectivity index (χ2n) is 6.31. The lowest BCUT2D eigenvalue weighted by atomic mass is 10.1. The number of carbonyl (C=O) groups is 1. The average Bonchev–Trinajstić information content (AvgIpc) is 3.20. The normalized spacial score (nSPS) is 17.6. The van der Waals surface area contributed by atoms with Crippen molar-refractivity contribution in [2.45, 2.75) is 13.0 Å². The molecule has 0 amide bonds. The molecule has 5 nitrogen and oxygen atoms in total. The highest BCUT2D eigenvalue weighted by molar-refractivity contribution is 5.88. The van der Waals surface area contributed by atoms with E-state index < -0.39 is 0 Å². The van der Waals surface area contributed by atoms with Gasteiger partial charge in [0, 0.05) is 32.3 Å². The Morgan fingerprint density at radius 3 is 2.88 bits per heavy atom. The Kier molecular flexibility index (Phi) is 4.97. The van der Waals surface area contributed by atoms with Crippen LogP contribution in [0.2, 0.25) is 0 Å². The van der Waals surface area contributed by atoms with Crippen LogP contribution >= 0.6 is 0 Å². The van der Waals surface area contributed by atoms with E-state index in [1.165, 1.54) is 5.56 Å². The molecule has 1 saturated heterocycles. The van der Waals surface area contributed by atoms with Gasteiger partial charge in [-0.2, -0.15) is 5.26 Å². The summed E-state index contributed by atoms with van der Waals surface area (Å²) >= 11 is 0. The van der Waals surface area contributed by atoms with Crippen molar-refractivity contribution in [3.63, 3.8) is 0 Å². The molecule has 2 aromatic rings. The minimum atomic E-state index is -0.361. The Morgan fingerprint density at radius 2 is 2.17 bits per heavy atom. The van der Waals surface area contributed by atoms with Crippen LogP contribution in [0.4, 0.5) is 0 Å². The summed E-state index contributed by atoms with van der Waals surface area (Å²) in [5.74, 6) is 0.00822. The van der Waals surface area contributed by atoms with Crippen LogP contribution in [0.1, 0.15) is 28.0 Å². The highest BCUT2D eigenvalue weighted by Gasteiger charge is 2.24. The smallest absolute Gasteiger partial charge is 0.354 e. The van der Waals surface area contributed by atoms with Gasteiger partial charge in [0.05, 0.1) is 12.2 Å². The number of esters is 1. The first kappa shape index (κ1) is 16.3. The van der Waals surface area contributed by atoms with E-state index in [0.717, 1.165) is 26.1 Å². The summed E-state index contributed by atoms with van der Waals surface area (Å²) in [7, 11) is 1.74. The second kappa shape index (κ2) is 7.33. The van der Waals surface area contributed by atoms with Gasteiger partial charge in [0.1, 0.15) is 11.8 Å². The monoisotopic (exact) mass is 323 g/mol. The van der Waals surface area contributed by atoms with Crippen molar-refractivity contribution in [2.75, 3.05) is 19.7 Å². The minimum absolute atomic E-state index is 0.361. The van der Waals surface area contributed by atoms with Crippen LogP contribution in [0.5, 0.6) is 0 Å². The van der Waals surface area contributed by atoms with Gasteiger partial charge >= 0.3 is 5.97 Å². The summed E-state index contributed by atoms with van der Waals surface area (Å²) in [5.41, 5.74) is 2.20. The number of hydrogen-bond acceptors (Lipinski definition) is 4. The Morgan fingerprint density at radius 1 is 1.38 bits per heavy atom. The number of aryl methyl sites for hydroxylation is 1. The van der Waals surface area contributed by atoms with Gasteiger partial charge in [0.2, 0.25) is 0 Å². The molecule has 0 N–H and O–H groups in total. The van der Waals surface area contributed by atoms with Crippen molar-refractivity contribution < 1.29 is 9.53 Å². The molecule has 1 aromatic heterocycles. The third-order valence-electron chi connectivity index (χ3n) is 4.41. The highest BCUT2D eigenvalue weighted by Crippen LogP contribution is 2.19. The van der Waals surface area contributed by atoms with Gasteiger partial charge in [0.15, 0.2) is 0 Å². The summed E-state index contributed by atoms with van der Waals surface area (Å²) in [5, 5.41) is 8.89. The molecule has 0 radical (unpaired) electrons. The molecule has 2 heterocycles. The Balaban J connectivity index is 1.48. The second-order valence-corrected chi connectivity index (χ2v) is 6.31. The zero-order valence-corrected chi connectivity index (χ0v) is 13.8. The van der Waals surface area contributed by atoms with Crippen molar-refractivity contribution >= 4 is 5.97 Å². The molecule has 0 aliphatic carbocycles. The van der Waals surface area contributed by atoms with Crippen LogP contribution in [0.25, 0.3) is 0 Å².